The van der Waals surface area contributed by atoms with E-state index in [2.05, 4.69) is 17.6 Å². The van der Waals surface area contributed by atoms with Crippen molar-refractivity contribution in [1.82, 2.24) is 0 Å². The van der Waals surface area contributed by atoms with E-state index in [1.807, 2.05) is 24.3 Å². The number of rotatable bonds is 8. The Morgan fingerprint density at radius 2 is 1.60 bits per heavy atom. The summed E-state index contributed by atoms with van der Waals surface area (Å²) in [6, 6.07) is 20.2. The molecule has 154 valence electrons. The Bertz CT molecular complexity index is 1020. The summed E-state index contributed by atoms with van der Waals surface area (Å²) in [7, 11) is 0. The number of nitrogens with one attached hydrogen (secondary N) is 2. The van der Waals surface area contributed by atoms with Crippen molar-refractivity contribution in [3.05, 3.63) is 89.7 Å². The molecule has 0 atom stereocenters. The molecular formula is C24H23FN2O3. The molecule has 0 spiro atoms. The molecule has 0 heterocycles. The zero-order valence-electron chi connectivity index (χ0n) is 16.7. The molecule has 0 aromatic heterocycles. The van der Waals surface area contributed by atoms with Crippen LogP contribution in [0.3, 0.4) is 0 Å². The van der Waals surface area contributed by atoms with Gasteiger partial charge in [-0.15, -0.1) is 0 Å². The normalized spacial score (nSPS) is 10.3. The number of carbonyl (C=O) groups is 2. The van der Waals surface area contributed by atoms with Crippen LogP contribution < -0.4 is 15.4 Å². The molecular weight excluding hydrogens is 383 g/mol. The monoisotopic (exact) mass is 406 g/mol. The number of hydrogen-bond acceptors (Lipinski definition) is 3. The lowest BCUT2D eigenvalue weighted by Gasteiger charge is -2.12. The summed E-state index contributed by atoms with van der Waals surface area (Å²) < 4.78 is 19.2. The average molecular weight is 406 g/mol. The van der Waals surface area contributed by atoms with E-state index in [0.717, 1.165) is 12.8 Å². The fourth-order valence-corrected chi connectivity index (χ4v) is 2.91. The van der Waals surface area contributed by atoms with Crippen molar-refractivity contribution in [1.29, 1.82) is 0 Å². The van der Waals surface area contributed by atoms with Crippen LogP contribution in [0, 0.1) is 5.82 Å². The zero-order valence-corrected chi connectivity index (χ0v) is 16.7. The third-order valence-corrected chi connectivity index (χ3v) is 4.39. The van der Waals surface area contributed by atoms with E-state index in [9.17, 15) is 14.0 Å². The predicted octanol–water partition coefficient (Wildman–Crippen LogP) is 5.05. The summed E-state index contributed by atoms with van der Waals surface area (Å²) in [5, 5.41) is 5.28. The van der Waals surface area contributed by atoms with Gasteiger partial charge in [-0.3, -0.25) is 9.59 Å². The number of hydrogen-bond donors (Lipinski definition) is 2. The first kappa shape index (κ1) is 21.0. The maximum Gasteiger partial charge on any atom is 0.262 e. The van der Waals surface area contributed by atoms with Crippen molar-refractivity contribution >= 4 is 23.2 Å². The number of amides is 2. The largest absolute Gasteiger partial charge is 0.483 e. The van der Waals surface area contributed by atoms with Gasteiger partial charge in [0.1, 0.15) is 11.6 Å². The van der Waals surface area contributed by atoms with Crippen molar-refractivity contribution in [2.45, 2.75) is 19.8 Å². The molecule has 0 aliphatic heterocycles. The standard InChI is InChI=1S/C24H23FN2O3/c1-2-7-17-12-14-18(15-13-17)26-24(29)19-8-3-6-11-22(19)30-16-23(28)27-21-10-5-4-9-20(21)25/h3-6,8-15H,2,7,16H2,1H3,(H,26,29)(H,27,28). The van der Waals surface area contributed by atoms with E-state index in [1.165, 1.54) is 23.8 Å². The van der Waals surface area contributed by atoms with Crippen LogP contribution in [0.15, 0.2) is 72.8 Å². The third-order valence-electron chi connectivity index (χ3n) is 4.39. The Labute approximate surface area is 174 Å². The first-order chi connectivity index (χ1) is 14.6. The number of anilines is 2. The maximum absolute atomic E-state index is 13.6. The van der Waals surface area contributed by atoms with Gasteiger partial charge in [-0.2, -0.15) is 0 Å². The second kappa shape index (κ2) is 10.2. The van der Waals surface area contributed by atoms with Crippen molar-refractivity contribution in [2.75, 3.05) is 17.2 Å². The Kier molecular flexibility index (Phi) is 7.16. The van der Waals surface area contributed by atoms with Gasteiger partial charge in [0.15, 0.2) is 6.61 Å². The van der Waals surface area contributed by atoms with Crippen LogP contribution in [0.1, 0.15) is 29.3 Å². The van der Waals surface area contributed by atoms with Crippen LogP contribution in [0.4, 0.5) is 15.8 Å². The van der Waals surface area contributed by atoms with Gasteiger partial charge >= 0.3 is 0 Å². The van der Waals surface area contributed by atoms with E-state index in [-0.39, 0.29) is 24.0 Å². The molecule has 3 aromatic rings. The predicted molar refractivity (Wildman–Crippen MR) is 115 cm³/mol. The molecule has 2 N–H and O–H groups in total. The summed E-state index contributed by atoms with van der Waals surface area (Å²) in [6.07, 6.45) is 2.04. The molecule has 5 nitrogen and oxygen atoms in total. The summed E-state index contributed by atoms with van der Waals surface area (Å²) in [4.78, 5) is 24.8. The average Bonchev–Trinajstić information content (AvgIpc) is 2.76. The van der Waals surface area contributed by atoms with Gasteiger partial charge in [-0.25, -0.2) is 4.39 Å². The Morgan fingerprint density at radius 3 is 2.33 bits per heavy atom. The Balaban J connectivity index is 1.62. The highest BCUT2D eigenvalue weighted by atomic mass is 19.1. The minimum Gasteiger partial charge on any atom is -0.483 e. The number of aryl methyl sites for hydroxylation is 1. The Hall–Kier alpha value is -3.67. The highest BCUT2D eigenvalue weighted by Gasteiger charge is 2.14. The second-order valence-corrected chi connectivity index (χ2v) is 6.71. The van der Waals surface area contributed by atoms with Gasteiger partial charge in [0.25, 0.3) is 11.8 Å². The number of halogens is 1. The highest BCUT2D eigenvalue weighted by molar-refractivity contribution is 6.06. The first-order valence-corrected chi connectivity index (χ1v) is 9.73. The fourth-order valence-electron chi connectivity index (χ4n) is 2.91. The lowest BCUT2D eigenvalue weighted by atomic mass is 10.1. The molecule has 6 heteroatoms. The third kappa shape index (κ3) is 5.67. The van der Waals surface area contributed by atoms with Crippen molar-refractivity contribution in [3.63, 3.8) is 0 Å². The van der Waals surface area contributed by atoms with Gasteiger partial charge in [-0.05, 0) is 48.4 Å². The summed E-state index contributed by atoms with van der Waals surface area (Å²) in [5.41, 5.74) is 2.25. The van der Waals surface area contributed by atoms with Crippen LogP contribution in [0.25, 0.3) is 0 Å². The summed E-state index contributed by atoms with van der Waals surface area (Å²) in [5.74, 6) is -1.14. The van der Waals surface area contributed by atoms with Gasteiger partial charge in [0, 0.05) is 5.69 Å². The zero-order chi connectivity index (χ0) is 21.3. The number of carbonyl (C=O) groups excluding carboxylic acids is 2. The molecule has 30 heavy (non-hydrogen) atoms. The van der Waals surface area contributed by atoms with E-state index >= 15 is 0 Å². The van der Waals surface area contributed by atoms with E-state index in [0.29, 0.717) is 11.3 Å². The molecule has 0 aliphatic carbocycles. The molecule has 0 radical (unpaired) electrons. The van der Waals surface area contributed by atoms with Crippen molar-refractivity contribution < 1.29 is 18.7 Å². The van der Waals surface area contributed by atoms with Gasteiger partial charge in [-0.1, -0.05) is 49.7 Å². The Morgan fingerprint density at radius 1 is 0.900 bits per heavy atom. The lowest BCUT2D eigenvalue weighted by Crippen LogP contribution is -2.22. The highest BCUT2D eigenvalue weighted by Crippen LogP contribution is 2.20. The lowest BCUT2D eigenvalue weighted by molar-refractivity contribution is -0.118. The fraction of sp³-hybridized carbons (Fsp3) is 0.167. The smallest absolute Gasteiger partial charge is 0.262 e. The maximum atomic E-state index is 13.6. The molecule has 0 saturated carbocycles. The molecule has 3 aromatic carbocycles. The minimum atomic E-state index is -0.532. The molecule has 0 aliphatic rings. The van der Waals surface area contributed by atoms with Gasteiger partial charge < -0.3 is 15.4 Å². The van der Waals surface area contributed by atoms with E-state index < -0.39 is 11.7 Å². The molecule has 0 bridgehead atoms. The quantitative estimate of drug-likeness (QED) is 0.550. The van der Waals surface area contributed by atoms with Crippen LogP contribution in [0.2, 0.25) is 0 Å². The molecule has 0 saturated heterocycles. The van der Waals surface area contributed by atoms with E-state index in [4.69, 9.17) is 4.74 Å². The summed E-state index contributed by atoms with van der Waals surface area (Å²) in [6.45, 7) is 1.76. The first-order valence-electron chi connectivity index (χ1n) is 9.73. The van der Waals surface area contributed by atoms with Crippen LogP contribution in [-0.4, -0.2) is 18.4 Å². The number of benzene rings is 3. The molecule has 0 unspecified atom stereocenters. The topological polar surface area (TPSA) is 67.4 Å². The molecule has 3 rings (SSSR count). The van der Waals surface area contributed by atoms with Crippen LogP contribution >= 0.6 is 0 Å². The SMILES string of the molecule is CCCc1ccc(NC(=O)c2ccccc2OCC(=O)Nc2ccccc2F)cc1. The van der Waals surface area contributed by atoms with Crippen molar-refractivity contribution in [3.8, 4) is 5.75 Å². The number of ether oxygens (including phenoxy) is 1. The van der Waals surface area contributed by atoms with E-state index in [1.54, 1.807) is 30.3 Å². The van der Waals surface area contributed by atoms with Crippen LogP contribution in [-0.2, 0) is 11.2 Å². The minimum absolute atomic E-state index is 0.0728. The number of para-hydroxylation sites is 2. The van der Waals surface area contributed by atoms with Gasteiger partial charge in [0.05, 0.1) is 11.3 Å². The summed E-state index contributed by atoms with van der Waals surface area (Å²) >= 11 is 0. The molecule has 2 amide bonds. The van der Waals surface area contributed by atoms with Crippen LogP contribution in [0.5, 0.6) is 5.75 Å². The van der Waals surface area contributed by atoms with Gasteiger partial charge in [0.2, 0.25) is 0 Å². The molecule has 0 fully saturated rings. The van der Waals surface area contributed by atoms with Crippen molar-refractivity contribution in [2.24, 2.45) is 0 Å². The second-order valence-electron chi connectivity index (χ2n) is 6.71.